The predicted molar refractivity (Wildman–Crippen MR) is 79.2 cm³/mol. The summed E-state index contributed by atoms with van der Waals surface area (Å²) >= 11 is 0. The van der Waals surface area contributed by atoms with Crippen molar-refractivity contribution in [2.45, 2.75) is 26.8 Å². The normalized spacial score (nSPS) is 11.2. The summed E-state index contributed by atoms with van der Waals surface area (Å²) in [6, 6.07) is 7.66. The number of H-pyrrole nitrogens is 1. The van der Waals surface area contributed by atoms with E-state index in [1.54, 1.807) is 4.68 Å². The second-order valence-electron chi connectivity index (χ2n) is 5.09. The molecule has 7 nitrogen and oxygen atoms in total. The zero-order valence-electron chi connectivity index (χ0n) is 12.1. The minimum absolute atomic E-state index is 0.189. The Hall–Kier alpha value is -2.70. The van der Waals surface area contributed by atoms with Crippen molar-refractivity contribution >= 4 is 22.8 Å². The lowest BCUT2D eigenvalue weighted by Crippen LogP contribution is -2.14. The van der Waals surface area contributed by atoms with E-state index in [2.05, 4.69) is 25.6 Å². The van der Waals surface area contributed by atoms with Crippen molar-refractivity contribution in [1.82, 2.24) is 25.0 Å². The Labute approximate surface area is 121 Å². The van der Waals surface area contributed by atoms with Crippen LogP contribution in [0.5, 0.6) is 0 Å². The molecular weight excluding hydrogens is 268 g/mol. The molecule has 2 aromatic heterocycles. The van der Waals surface area contributed by atoms with E-state index in [4.69, 9.17) is 0 Å². The van der Waals surface area contributed by atoms with Gasteiger partial charge in [0.15, 0.2) is 5.69 Å². The summed E-state index contributed by atoms with van der Waals surface area (Å²) in [5.74, 6) is 0.721. The molecule has 2 N–H and O–H groups in total. The zero-order valence-corrected chi connectivity index (χ0v) is 12.1. The Bertz CT molecular complexity index is 801. The van der Waals surface area contributed by atoms with Crippen LogP contribution in [0.2, 0.25) is 0 Å². The summed E-state index contributed by atoms with van der Waals surface area (Å²) in [4.78, 5) is 16.5. The second-order valence-corrected chi connectivity index (χ2v) is 5.09. The number of anilines is 1. The average molecular weight is 284 g/mol. The van der Waals surface area contributed by atoms with Crippen LogP contribution in [0.1, 0.15) is 36.2 Å². The Morgan fingerprint density at radius 1 is 1.33 bits per heavy atom. The lowest BCUT2D eigenvalue weighted by atomic mass is 10.2. The molecule has 0 aliphatic carbocycles. The number of nitrogens with one attached hydrogen (secondary N) is 2. The average Bonchev–Trinajstić information content (AvgIpc) is 3.02. The molecule has 0 fully saturated rings. The standard InChI is InChI=1S/C14H16N6O/c1-8(2)20-9(3)15-14(19-20)16-13(21)12-10-6-4-5-7-11(10)17-18-12/h4-8H,1-3H3,(H,17,18)(H,16,19,21). The highest BCUT2D eigenvalue weighted by atomic mass is 16.2. The quantitative estimate of drug-likeness (QED) is 0.772. The molecule has 0 saturated heterocycles. The van der Waals surface area contributed by atoms with Gasteiger partial charge in [-0.3, -0.25) is 15.2 Å². The molecule has 1 amide bonds. The molecule has 2 heterocycles. The monoisotopic (exact) mass is 284 g/mol. The second kappa shape index (κ2) is 5.01. The van der Waals surface area contributed by atoms with Gasteiger partial charge in [-0.25, -0.2) is 4.68 Å². The third-order valence-electron chi connectivity index (χ3n) is 3.20. The number of aromatic amines is 1. The van der Waals surface area contributed by atoms with Crippen molar-refractivity contribution in [1.29, 1.82) is 0 Å². The number of aryl methyl sites for hydroxylation is 1. The molecule has 21 heavy (non-hydrogen) atoms. The number of fused-ring (bicyclic) bond motifs is 1. The van der Waals surface area contributed by atoms with Gasteiger partial charge in [0, 0.05) is 11.4 Å². The van der Waals surface area contributed by atoms with Gasteiger partial charge in [-0.1, -0.05) is 18.2 Å². The van der Waals surface area contributed by atoms with Crippen LogP contribution in [0.4, 0.5) is 5.95 Å². The lowest BCUT2D eigenvalue weighted by Gasteiger charge is -2.04. The molecule has 3 rings (SSSR count). The van der Waals surface area contributed by atoms with Crippen molar-refractivity contribution in [2.75, 3.05) is 5.32 Å². The largest absolute Gasteiger partial charge is 0.288 e. The summed E-state index contributed by atoms with van der Waals surface area (Å²) < 4.78 is 1.76. The first-order chi connectivity index (χ1) is 10.1. The Morgan fingerprint density at radius 3 is 2.81 bits per heavy atom. The highest BCUT2D eigenvalue weighted by Crippen LogP contribution is 2.16. The van der Waals surface area contributed by atoms with E-state index in [-0.39, 0.29) is 11.9 Å². The van der Waals surface area contributed by atoms with Gasteiger partial charge in [-0.15, -0.1) is 5.10 Å². The van der Waals surface area contributed by atoms with Gasteiger partial charge in [-0.2, -0.15) is 10.1 Å². The van der Waals surface area contributed by atoms with Gasteiger partial charge in [0.05, 0.1) is 5.52 Å². The molecule has 1 aromatic carbocycles. The first-order valence-electron chi connectivity index (χ1n) is 6.74. The molecule has 0 spiro atoms. The third kappa shape index (κ3) is 2.37. The van der Waals surface area contributed by atoms with Gasteiger partial charge < -0.3 is 0 Å². The smallest absolute Gasteiger partial charge is 0.279 e. The van der Waals surface area contributed by atoms with Crippen LogP contribution in [-0.2, 0) is 0 Å². The number of benzene rings is 1. The van der Waals surface area contributed by atoms with E-state index in [9.17, 15) is 4.79 Å². The molecule has 0 bridgehead atoms. The van der Waals surface area contributed by atoms with E-state index < -0.39 is 0 Å². The Kier molecular flexibility index (Phi) is 3.17. The van der Waals surface area contributed by atoms with Crippen LogP contribution < -0.4 is 5.32 Å². The van der Waals surface area contributed by atoms with Gasteiger partial charge in [0.2, 0.25) is 5.95 Å². The molecule has 3 aromatic rings. The first-order valence-corrected chi connectivity index (χ1v) is 6.74. The molecule has 0 aliphatic rings. The zero-order chi connectivity index (χ0) is 15.0. The van der Waals surface area contributed by atoms with Gasteiger partial charge >= 0.3 is 0 Å². The SMILES string of the molecule is Cc1nc(NC(=O)c2n[nH]c3ccccc23)nn1C(C)C. The van der Waals surface area contributed by atoms with E-state index >= 15 is 0 Å². The Morgan fingerprint density at radius 2 is 2.10 bits per heavy atom. The maximum Gasteiger partial charge on any atom is 0.279 e. The number of hydrogen-bond acceptors (Lipinski definition) is 4. The predicted octanol–water partition coefficient (Wildman–Crippen LogP) is 2.30. The maximum absolute atomic E-state index is 12.3. The Balaban J connectivity index is 1.88. The van der Waals surface area contributed by atoms with Crippen LogP contribution >= 0.6 is 0 Å². The molecule has 0 atom stereocenters. The summed E-state index contributed by atoms with van der Waals surface area (Å²) in [6.07, 6.45) is 0. The van der Waals surface area contributed by atoms with Crippen LogP contribution in [0.3, 0.4) is 0 Å². The van der Waals surface area contributed by atoms with Crippen molar-refractivity contribution in [3.05, 3.63) is 35.8 Å². The molecular formula is C14H16N6O. The minimum Gasteiger partial charge on any atom is -0.288 e. The number of nitrogens with zero attached hydrogens (tertiary/aromatic N) is 4. The van der Waals surface area contributed by atoms with Crippen LogP contribution in [0.25, 0.3) is 10.9 Å². The maximum atomic E-state index is 12.3. The third-order valence-corrected chi connectivity index (χ3v) is 3.20. The first kappa shape index (κ1) is 13.3. The van der Waals surface area contributed by atoms with E-state index in [1.165, 1.54) is 0 Å². The topological polar surface area (TPSA) is 88.5 Å². The van der Waals surface area contributed by atoms with Crippen molar-refractivity contribution < 1.29 is 4.79 Å². The van der Waals surface area contributed by atoms with Crippen LogP contribution in [0.15, 0.2) is 24.3 Å². The summed E-state index contributed by atoms with van der Waals surface area (Å²) in [6.45, 7) is 5.87. The molecule has 0 unspecified atom stereocenters. The van der Waals surface area contributed by atoms with Crippen LogP contribution in [0, 0.1) is 6.92 Å². The number of para-hydroxylation sites is 1. The number of amides is 1. The fourth-order valence-electron chi connectivity index (χ4n) is 2.24. The number of hydrogen-bond donors (Lipinski definition) is 2. The van der Waals surface area contributed by atoms with Crippen molar-refractivity contribution in [2.24, 2.45) is 0 Å². The van der Waals surface area contributed by atoms with Gasteiger partial charge in [0.1, 0.15) is 5.82 Å². The summed E-state index contributed by atoms with van der Waals surface area (Å²) in [7, 11) is 0. The summed E-state index contributed by atoms with van der Waals surface area (Å²) in [5.41, 5.74) is 1.16. The molecule has 7 heteroatoms. The van der Waals surface area contributed by atoms with E-state index in [0.29, 0.717) is 11.6 Å². The molecule has 0 radical (unpaired) electrons. The van der Waals surface area contributed by atoms with Crippen LogP contribution in [-0.4, -0.2) is 30.9 Å². The number of carbonyl (C=O) groups excluding carboxylic acids is 1. The molecule has 108 valence electrons. The fraction of sp³-hybridized carbons (Fsp3) is 0.286. The number of carbonyl (C=O) groups is 1. The number of rotatable bonds is 3. The molecule has 0 saturated carbocycles. The van der Waals surface area contributed by atoms with E-state index in [0.717, 1.165) is 16.7 Å². The number of aromatic nitrogens is 5. The fourth-order valence-corrected chi connectivity index (χ4v) is 2.24. The highest BCUT2D eigenvalue weighted by molar-refractivity contribution is 6.10. The minimum atomic E-state index is -0.326. The highest BCUT2D eigenvalue weighted by Gasteiger charge is 2.17. The van der Waals surface area contributed by atoms with Gasteiger partial charge in [-0.05, 0) is 26.8 Å². The lowest BCUT2D eigenvalue weighted by molar-refractivity contribution is 0.102. The summed E-state index contributed by atoms with van der Waals surface area (Å²) in [5, 5.41) is 14.6. The van der Waals surface area contributed by atoms with Gasteiger partial charge in [0.25, 0.3) is 5.91 Å². The van der Waals surface area contributed by atoms with Crippen molar-refractivity contribution in [3.8, 4) is 0 Å². The molecule has 0 aliphatic heterocycles. The van der Waals surface area contributed by atoms with E-state index in [1.807, 2.05) is 45.0 Å². The van der Waals surface area contributed by atoms with Crippen molar-refractivity contribution in [3.63, 3.8) is 0 Å².